The number of aromatic nitrogens is 1. The van der Waals surface area contributed by atoms with E-state index in [4.69, 9.17) is 0 Å². The molecule has 0 fully saturated rings. The molecule has 0 bridgehead atoms. The van der Waals surface area contributed by atoms with Gasteiger partial charge in [-0.05, 0) is 24.1 Å². The number of carbonyl (C=O) groups is 1. The molecule has 1 heterocycles. The number of rotatable bonds is 6. The van der Waals surface area contributed by atoms with Crippen molar-refractivity contribution in [2.24, 2.45) is 4.99 Å². The zero-order valence-corrected chi connectivity index (χ0v) is 15.0. The number of hydrogen-bond donors (Lipinski definition) is 3. The Kier molecular flexibility index (Phi) is 6.74. The van der Waals surface area contributed by atoms with Crippen molar-refractivity contribution >= 4 is 23.2 Å². The second-order valence-corrected chi connectivity index (χ2v) is 6.33. The summed E-state index contributed by atoms with van der Waals surface area (Å²) in [4.78, 5) is 21.4. The van der Waals surface area contributed by atoms with E-state index in [9.17, 15) is 4.79 Å². The fourth-order valence-corrected chi connectivity index (χ4v) is 2.88. The lowest BCUT2D eigenvalue weighted by Gasteiger charge is -2.11. The number of carbonyl (C=O) groups excluding carboxylic acids is 1. The van der Waals surface area contributed by atoms with E-state index in [1.165, 1.54) is 4.88 Å². The van der Waals surface area contributed by atoms with Crippen molar-refractivity contribution in [3.05, 3.63) is 51.5 Å². The van der Waals surface area contributed by atoms with Crippen LogP contribution in [0.5, 0.6) is 0 Å². The molecule has 0 aliphatic carbocycles. The quantitative estimate of drug-likeness (QED) is 0.552. The lowest BCUT2D eigenvalue weighted by Crippen LogP contribution is -2.36. The average molecular weight is 345 g/mol. The molecule has 7 heteroatoms. The molecular formula is C17H23N5OS. The van der Waals surface area contributed by atoms with Crippen LogP contribution in [-0.2, 0) is 19.5 Å². The Morgan fingerprint density at radius 3 is 2.50 bits per heavy atom. The highest BCUT2D eigenvalue weighted by Crippen LogP contribution is 2.12. The monoisotopic (exact) mass is 345 g/mol. The summed E-state index contributed by atoms with van der Waals surface area (Å²) in [6, 6.07) is 7.49. The van der Waals surface area contributed by atoms with Crippen molar-refractivity contribution in [3.63, 3.8) is 0 Å². The summed E-state index contributed by atoms with van der Waals surface area (Å²) < 4.78 is 0. The Hall–Kier alpha value is -2.41. The van der Waals surface area contributed by atoms with Crippen LogP contribution in [0.3, 0.4) is 0 Å². The van der Waals surface area contributed by atoms with E-state index >= 15 is 0 Å². The minimum absolute atomic E-state index is 0.0816. The predicted molar refractivity (Wildman–Crippen MR) is 98.4 cm³/mol. The molecule has 2 aromatic rings. The molecule has 3 N–H and O–H groups in total. The van der Waals surface area contributed by atoms with Crippen LogP contribution in [0.4, 0.5) is 0 Å². The third-order valence-corrected chi connectivity index (χ3v) is 4.63. The summed E-state index contributed by atoms with van der Waals surface area (Å²) in [5.41, 5.74) is 1.73. The maximum absolute atomic E-state index is 11.5. The first kappa shape index (κ1) is 17.9. The molecule has 0 radical (unpaired) electrons. The number of aryl methyl sites for hydroxylation is 1. The molecule has 2 rings (SSSR count). The maximum Gasteiger partial charge on any atom is 0.251 e. The topological polar surface area (TPSA) is 78.4 Å². The molecule has 0 aliphatic heterocycles. The number of aliphatic imine (C=N–C) groups is 1. The lowest BCUT2D eigenvalue weighted by atomic mass is 10.1. The van der Waals surface area contributed by atoms with Crippen LogP contribution in [-0.4, -0.2) is 30.9 Å². The van der Waals surface area contributed by atoms with E-state index in [1.807, 2.05) is 30.5 Å². The van der Waals surface area contributed by atoms with Crippen molar-refractivity contribution < 1.29 is 4.79 Å². The van der Waals surface area contributed by atoms with Gasteiger partial charge in [0.2, 0.25) is 0 Å². The van der Waals surface area contributed by atoms with Gasteiger partial charge in [-0.3, -0.25) is 9.79 Å². The highest BCUT2D eigenvalue weighted by atomic mass is 32.1. The number of nitrogens with zero attached hydrogens (tertiary/aromatic N) is 2. The number of benzene rings is 1. The Labute approximate surface area is 146 Å². The number of amides is 1. The van der Waals surface area contributed by atoms with Gasteiger partial charge in [0.1, 0.15) is 5.01 Å². The molecule has 0 atom stereocenters. The van der Waals surface area contributed by atoms with E-state index in [0.717, 1.165) is 23.0 Å². The Balaban J connectivity index is 1.83. The molecule has 0 saturated carbocycles. The van der Waals surface area contributed by atoms with Gasteiger partial charge in [0, 0.05) is 37.3 Å². The van der Waals surface area contributed by atoms with Crippen LogP contribution in [0.25, 0.3) is 0 Å². The molecule has 0 unspecified atom stereocenters. The second kappa shape index (κ2) is 9.02. The molecule has 1 aromatic heterocycles. The highest BCUT2D eigenvalue weighted by molar-refractivity contribution is 7.11. The summed E-state index contributed by atoms with van der Waals surface area (Å²) in [5, 5.41) is 10.2. The standard InChI is InChI=1S/C17H23N5OS/c1-4-14-10-20-15(24-14)11-22-17(19-3)21-9-12-5-7-13(8-6-12)16(23)18-2/h5-8,10H,4,9,11H2,1-3H3,(H,18,23)(H2,19,21,22). The van der Waals surface area contributed by atoms with Crippen LogP contribution in [0.1, 0.15) is 32.7 Å². The highest BCUT2D eigenvalue weighted by Gasteiger charge is 2.04. The summed E-state index contributed by atoms with van der Waals surface area (Å²) >= 11 is 1.71. The van der Waals surface area contributed by atoms with E-state index < -0.39 is 0 Å². The van der Waals surface area contributed by atoms with Gasteiger partial charge in [0.15, 0.2) is 5.96 Å². The smallest absolute Gasteiger partial charge is 0.251 e. The first-order valence-corrected chi connectivity index (χ1v) is 8.67. The lowest BCUT2D eigenvalue weighted by molar-refractivity contribution is 0.0963. The Bertz CT molecular complexity index is 693. The second-order valence-electron chi connectivity index (χ2n) is 5.13. The predicted octanol–water partition coefficient (Wildman–Crippen LogP) is 1.93. The van der Waals surface area contributed by atoms with E-state index in [0.29, 0.717) is 18.7 Å². The van der Waals surface area contributed by atoms with Crippen molar-refractivity contribution in [1.82, 2.24) is 20.9 Å². The maximum atomic E-state index is 11.5. The fraction of sp³-hybridized carbons (Fsp3) is 0.353. The van der Waals surface area contributed by atoms with Crippen LogP contribution >= 0.6 is 11.3 Å². The average Bonchev–Trinajstić information content (AvgIpc) is 3.09. The number of thiazole rings is 1. The van der Waals surface area contributed by atoms with Crippen LogP contribution in [0.2, 0.25) is 0 Å². The minimum Gasteiger partial charge on any atom is -0.355 e. The fourth-order valence-electron chi connectivity index (χ4n) is 2.08. The van der Waals surface area contributed by atoms with E-state index in [2.05, 4.69) is 32.9 Å². The summed E-state index contributed by atoms with van der Waals surface area (Å²) in [7, 11) is 3.36. The SMILES string of the molecule is CCc1cnc(CNC(=NC)NCc2ccc(C(=O)NC)cc2)s1. The molecule has 1 amide bonds. The van der Waals surface area contributed by atoms with Gasteiger partial charge >= 0.3 is 0 Å². The van der Waals surface area contributed by atoms with Gasteiger partial charge in [-0.15, -0.1) is 11.3 Å². The number of nitrogens with one attached hydrogen (secondary N) is 3. The zero-order chi connectivity index (χ0) is 17.4. The first-order chi connectivity index (χ1) is 11.7. The van der Waals surface area contributed by atoms with Crippen LogP contribution < -0.4 is 16.0 Å². The van der Waals surface area contributed by atoms with Crippen LogP contribution in [0, 0.1) is 0 Å². The van der Waals surface area contributed by atoms with Gasteiger partial charge in [0.05, 0.1) is 6.54 Å². The molecule has 128 valence electrons. The molecule has 0 aliphatic rings. The Morgan fingerprint density at radius 2 is 1.92 bits per heavy atom. The third-order valence-electron chi connectivity index (χ3n) is 3.48. The van der Waals surface area contributed by atoms with Gasteiger partial charge in [-0.1, -0.05) is 19.1 Å². The molecule has 0 spiro atoms. The molecule has 24 heavy (non-hydrogen) atoms. The largest absolute Gasteiger partial charge is 0.355 e. The normalized spacial score (nSPS) is 11.2. The minimum atomic E-state index is -0.0816. The zero-order valence-electron chi connectivity index (χ0n) is 14.2. The summed E-state index contributed by atoms with van der Waals surface area (Å²) in [6.07, 6.45) is 2.93. The van der Waals surface area contributed by atoms with Crippen LogP contribution in [0.15, 0.2) is 35.5 Å². The molecule has 6 nitrogen and oxygen atoms in total. The van der Waals surface area contributed by atoms with Crippen molar-refractivity contribution in [2.75, 3.05) is 14.1 Å². The summed E-state index contributed by atoms with van der Waals surface area (Å²) in [6.45, 7) is 3.41. The van der Waals surface area contributed by atoms with Gasteiger partial charge < -0.3 is 16.0 Å². The van der Waals surface area contributed by atoms with E-state index in [-0.39, 0.29) is 5.91 Å². The molecule has 0 saturated heterocycles. The Morgan fingerprint density at radius 1 is 1.21 bits per heavy atom. The van der Waals surface area contributed by atoms with Gasteiger partial charge in [-0.2, -0.15) is 0 Å². The van der Waals surface area contributed by atoms with Crippen molar-refractivity contribution in [1.29, 1.82) is 0 Å². The van der Waals surface area contributed by atoms with Crippen molar-refractivity contribution in [2.45, 2.75) is 26.4 Å². The van der Waals surface area contributed by atoms with Gasteiger partial charge in [-0.25, -0.2) is 4.98 Å². The van der Waals surface area contributed by atoms with Gasteiger partial charge in [0.25, 0.3) is 5.91 Å². The third kappa shape index (κ3) is 5.06. The summed E-state index contributed by atoms with van der Waals surface area (Å²) in [5.74, 6) is 0.639. The van der Waals surface area contributed by atoms with Crippen molar-refractivity contribution in [3.8, 4) is 0 Å². The number of guanidine groups is 1. The van der Waals surface area contributed by atoms with E-state index in [1.54, 1.807) is 25.4 Å². The molecule has 1 aromatic carbocycles. The first-order valence-electron chi connectivity index (χ1n) is 7.85. The number of hydrogen-bond acceptors (Lipinski definition) is 4. The molecular weight excluding hydrogens is 322 g/mol.